The summed E-state index contributed by atoms with van der Waals surface area (Å²) in [4.78, 5) is 4.69. The number of para-hydroxylation sites is 1. The molecule has 1 unspecified atom stereocenters. The molecule has 0 saturated carbocycles. The third kappa shape index (κ3) is 8.02. The van der Waals surface area contributed by atoms with Crippen LogP contribution in [0.3, 0.4) is 0 Å². The second-order valence-corrected chi connectivity index (χ2v) is 7.65. The van der Waals surface area contributed by atoms with Gasteiger partial charge in [0.1, 0.15) is 5.75 Å². The highest BCUT2D eigenvalue weighted by atomic mass is 16.5. The van der Waals surface area contributed by atoms with Crippen molar-refractivity contribution in [1.82, 2.24) is 4.98 Å². The van der Waals surface area contributed by atoms with Crippen LogP contribution in [0.4, 0.5) is 0 Å². The van der Waals surface area contributed by atoms with E-state index in [0.717, 1.165) is 56.1 Å². The fraction of sp³-hybridized carbons (Fsp3) is 0.560. The smallest absolute Gasteiger partial charge is 0.128 e. The van der Waals surface area contributed by atoms with E-state index in [1.54, 1.807) is 0 Å². The van der Waals surface area contributed by atoms with Gasteiger partial charge in [-0.15, -0.1) is 0 Å². The van der Waals surface area contributed by atoms with Gasteiger partial charge in [0.15, 0.2) is 0 Å². The molecule has 0 saturated heterocycles. The number of pyridine rings is 1. The maximum atomic E-state index is 6.03. The van der Waals surface area contributed by atoms with Crippen LogP contribution in [-0.4, -0.2) is 24.8 Å². The standard InChI is InChI=1S/C25H37NO2/c1-4-6-7-10-18-28-25-14-9-8-13-23(25)24-16-15-22(19-26-24)12-11-17-27-20-21(3)5-2/h8-9,13-16,19,21H,4-7,10-12,17-18,20H2,1-3H3. The van der Waals surface area contributed by atoms with Crippen molar-refractivity contribution in [3.8, 4) is 17.0 Å². The fourth-order valence-electron chi connectivity index (χ4n) is 3.03. The lowest BCUT2D eigenvalue weighted by Gasteiger charge is -2.12. The maximum absolute atomic E-state index is 6.03. The normalized spacial score (nSPS) is 12.1. The van der Waals surface area contributed by atoms with Gasteiger partial charge in [0.25, 0.3) is 0 Å². The summed E-state index contributed by atoms with van der Waals surface area (Å²) in [5.41, 5.74) is 3.30. The number of nitrogens with zero attached hydrogens (tertiary/aromatic N) is 1. The monoisotopic (exact) mass is 383 g/mol. The Morgan fingerprint density at radius 1 is 0.929 bits per heavy atom. The highest BCUT2D eigenvalue weighted by Gasteiger charge is 2.07. The molecule has 154 valence electrons. The van der Waals surface area contributed by atoms with Gasteiger partial charge < -0.3 is 9.47 Å². The lowest BCUT2D eigenvalue weighted by Crippen LogP contribution is -2.06. The van der Waals surface area contributed by atoms with Crippen molar-refractivity contribution >= 4 is 0 Å². The van der Waals surface area contributed by atoms with Crippen molar-refractivity contribution in [2.45, 2.75) is 65.7 Å². The Kier molecular flexibility index (Phi) is 10.7. The predicted molar refractivity (Wildman–Crippen MR) is 118 cm³/mol. The van der Waals surface area contributed by atoms with Crippen LogP contribution in [0, 0.1) is 5.92 Å². The first-order chi connectivity index (χ1) is 13.7. The van der Waals surface area contributed by atoms with Crippen LogP contribution in [0.15, 0.2) is 42.6 Å². The van der Waals surface area contributed by atoms with Crippen molar-refractivity contribution in [2.24, 2.45) is 5.92 Å². The van der Waals surface area contributed by atoms with Crippen molar-refractivity contribution in [1.29, 1.82) is 0 Å². The molecule has 3 nitrogen and oxygen atoms in total. The number of unbranched alkanes of at least 4 members (excludes halogenated alkanes) is 3. The van der Waals surface area contributed by atoms with E-state index in [4.69, 9.17) is 9.47 Å². The van der Waals surface area contributed by atoms with Gasteiger partial charge in [-0.1, -0.05) is 64.7 Å². The Labute approximate surface area is 171 Å². The van der Waals surface area contributed by atoms with Gasteiger partial charge >= 0.3 is 0 Å². The van der Waals surface area contributed by atoms with Crippen molar-refractivity contribution in [2.75, 3.05) is 19.8 Å². The predicted octanol–water partition coefficient (Wildman–Crippen LogP) is 6.70. The number of ether oxygens (including phenoxy) is 2. The molecule has 0 radical (unpaired) electrons. The molecular weight excluding hydrogens is 346 g/mol. The van der Waals surface area contributed by atoms with Gasteiger partial charge in [0.05, 0.1) is 12.3 Å². The van der Waals surface area contributed by atoms with Crippen LogP contribution in [0.2, 0.25) is 0 Å². The molecule has 1 atom stereocenters. The average Bonchev–Trinajstić information content (AvgIpc) is 2.74. The summed E-state index contributed by atoms with van der Waals surface area (Å²) >= 11 is 0. The molecule has 28 heavy (non-hydrogen) atoms. The maximum Gasteiger partial charge on any atom is 0.128 e. The van der Waals surface area contributed by atoms with E-state index in [2.05, 4.69) is 44.0 Å². The quantitative estimate of drug-likeness (QED) is 0.340. The number of hydrogen-bond donors (Lipinski definition) is 0. The van der Waals surface area contributed by atoms with E-state index in [1.807, 2.05) is 24.4 Å². The Morgan fingerprint density at radius 3 is 2.54 bits per heavy atom. The van der Waals surface area contributed by atoms with Crippen LogP contribution in [0.25, 0.3) is 11.3 Å². The minimum absolute atomic E-state index is 0.648. The number of benzene rings is 1. The SMILES string of the molecule is CCCCCCOc1ccccc1-c1ccc(CCCOCC(C)CC)cn1. The third-order valence-corrected chi connectivity index (χ3v) is 5.10. The van der Waals surface area contributed by atoms with Crippen molar-refractivity contribution in [3.05, 3.63) is 48.2 Å². The third-order valence-electron chi connectivity index (χ3n) is 5.10. The number of rotatable bonds is 14. The highest BCUT2D eigenvalue weighted by Crippen LogP contribution is 2.28. The summed E-state index contributed by atoms with van der Waals surface area (Å²) in [5.74, 6) is 1.58. The van der Waals surface area contributed by atoms with E-state index in [0.29, 0.717) is 5.92 Å². The zero-order chi connectivity index (χ0) is 20.0. The molecule has 0 aliphatic rings. The lowest BCUT2D eigenvalue weighted by molar-refractivity contribution is 0.102. The zero-order valence-electron chi connectivity index (χ0n) is 18.0. The molecule has 2 rings (SSSR count). The topological polar surface area (TPSA) is 31.4 Å². The molecule has 0 fully saturated rings. The average molecular weight is 384 g/mol. The molecule has 0 spiro atoms. The van der Waals surface area contributed by atoms with E-state index < -0.39 is 0 Å². The molecule has 0 N–H and O–H groups in total. The lowest BCUT2D eigenvalue weighted by atomic mass is 10.1. The summed E-state index contributed by atoms with van der Waals surface area (Å²) in [5, 5.41) is 0. The highest BCUT2D eigenvalue weighted by molar-refractivity contribution is 5.67. The van der Waals surface area contributed by atoms with Crippen molar-refractivity contribution in [3.63, 3.8) is 0 Å². The number of aryl methyl sites for hydroxylation is 1. The largest absolute Gasteiger partial charge is 0.493 e. The Balaban J connectivity index is 1.84. The second-order valence-electron chi connectivity index (χ2n) is 7.65. The minimum Gasteiger partial charge on any atom is -0.493 e. The molecule has 0 aliphatic heterocycles. The Hall–Kier alpha value is -1.87. The van der Waals surface area contributed by atoms with E-state index in [-0.39, 0.29) is 0 Å². The molecular formula is C25H37NO2. The summed E-state index contributed by atoms with van der Waals surface area (Å²) in [6.45, 7) is 9.12. The summed E-state index contributed by atoms with van der Waals surface area (Å²) in [6, 6.07) is 12.5. The van der Waals surface area contributed by atoms with Gasteiger partial charge in [-0.25, -0.2) is 0 Å². The summed E-state index contributed by atoms with van der Waals surface area (Å²) in [6.07, 6.45) is 10.1. The van der Waals surface area contributed by atoms with E-state index >= 15 is 0 Å². The van der Waals surface area contributed by atoms with Crippen molar-refractivity contribution < 1.29 is 9.47 Å². The second kappa shape index (κ2) is 13.3. The van der Waals surface area contributed by atoms with Crippen LogP contribution < -0.4 is 4.74 Å². The first kappa shape index (κ1) is 22.4. The van der Waals surface area contributed by atoms with E-state index in [9.17, 15) is 0 Å². The molecule has 2 aromatic rings. The van der Waals surface area contributed by atoms with Gasteiger partial charge in [-0.05, 0) is 48.9 Å². The number of hydrogen-bond acceptors (Lipinski definition) is 3. The molecule has 1 heterocycles. The first-order valence-corrected chi connectivity index (χ1v) is 11.0. The Morgan fingerprint density at radius 2 is 1.79 bits per heavy atom. The molecule has 1 aromatic heterocycles. The van der Waals surface area contributed by atoms with Crippen LogP contribution >= 0.6 is 0 Å². The molecule has 0 bridgehead atoms. The van der Waals surface area contributed by atoms with Gasteiger partial charge in [-0.2, -0.15) is 0 Å². The summed E-state index contributed by atoms with van der Waals surface area (Å²) < 4.78 is 11.8. The zero-order valence-corrected chi connectivity index (χ0v) is 18.0. The van der Waals surface area contributed by atoms with Crippen LogP contribution in [0.1, 0.15) is 64.9 Å². The van der Waals surface area contributed by atoms with Gasteiger partial charge in [0.2, 0.25) is 0 Å². The van der Waals surface area contributed by atoms with Crippen LogP contribution in [-0.2, 0) is 11.2 Å². The fourth-order valence-corrected chi connectivity index (χ4v) is 3.03. The minimum atomic E-state index is 0.648. The van der Waals surface area contributed by atoms with Gasteiger partial charge in [0, 0.05) is 25.0 Å². The first-order valence-electron chi connectivity index (χ1n) is 11.0. The van der Waals surface area contributed by atoms with Gasteiger partial charge in [-0.3, -0.25) is 4.98 Å². The number of aromatic nitrogens is 1. The Bertz CT molecular complexity index is 654. The summed E-state index contributed by atoms with van der Waals surface area (Å²) in [7, 11) is 0. The molecule has 0 amide bonds. The van der Waals surface area contributed by atoms with E-state index in [1.165, 1.54) is 31.2 Å². The molecule has 3 heteroatoms. The molecule has 1 aromatic carbocycles. The van der Waals surface area contributed by atoms with Crippen LogP contribution in [0.5, 0.6) is 5.75 Å². The molecule has 0 aliphatic carbocycles.